The lowest BCUT2D eigenvalue weighted by molar-refractivity contribution is -0.143. The van der Waals surface area contributed by atoms with E-state index in [0.717, 1.165) is 5.69 Å². The minimum atomic E-state index is -1.45. The molecule has 0 bridgehead atoms. The van der Waals surface area contributed by atoms with Gasteiger partial charge in [-0.15, -0.1) is 0 Å². The number of hydrogen-bond donors (Lipinski definition) is 2. The number of anilines is 2. The zero-order chi connectivity index (χ0) is 25.8. The van der Waals surface area contributed by atoms with Crippen LogP contribution in [0, 0.1) is 11.3 Å². The molecule has 3 heterocycles. The van der Waals surface area contributed by atoms with Crippen LogP contribution in [-0.2, 0) is 4.79 Å². The molecule has 2 aromatic heterocycles. The van der Waals surface area contributed by atoms with Gasteiger partial charge in [0.05, 0.1) is 24.0 Å². The third kappa shape index (κ3) is 5.58. The molecule has 0 aliphatic carbocycles. The average molecular weight is 495 g/mol. The van der Waals surface area contributed by atoms with Crippen LogP contribution in [0.2, 0.25) is 0 Å². The van der Waals surface area contributed by atoms with E-state index in [1.165, 1.54) is 18.2 Å². The first-order valence-corrected chi connectivity index (χ1v) is 11.6. The number of nitrogens with zero attached hydrogens (tertiary/aromatic N) is 7. The first-order valence-electron chi connectivity index (χ1n) is 11.6. The van der Waals surface area contributed by atoms with E-state index in [1.807, 2.05) is 20.0 Å². The van der Waals surface area contributed by atoms with Crippen LogP contribution in [-0.4, -0.2) is 72.1 Å². The number of hydrogen-bond acceptors (Lipinski definition) is 9. The molecule has 12 heteroatoms. The van der Waals surface area contributed by atoms with E-state index >= 15 is 0 Å². The van der Waals surface area contributed by atoms with Crippen molar-refractivity contribution >= 4 is 17.5 Å². The summed E-state index contributed by atoms with van der Waals surface area (Å²) >= 11 is 0. The fourth-order valence-corrected chi connectivity index (χ4v) is 3.81. The van der Waals surface area contributed by atoms with E-state index in [4.69, 9.17) is 4.74 Å². The molecule has 1 aliphatic rings. The monoisotopic (exact) mass is 494 g/mol. The van der Waals surface area contributed by atoms with E-state index in [-0.39, 0.29) is 36.9 Å². The quantitative estimate of drug-likeness (QED) is 0.507. The number of alkyl halides is 1. The van der Waals surface area contributed by atoms with Gasteiger partial charge >= 0.3 is 0 Å². The van der Waals surface area contributed by atoms with Crippen LogP contribution < -0.4 is 10.1 Å². The molecule has 4 rings (SSSR count). The molecule has 1 aromatic carbocycles. The summed E-state index contributed by atoms with van der Waals surface area (Å²) in [6.45, 7) is 5.47. The number of aromatic nitrogens is 5. The van der Waals surface area contributed by atoms with Crippen molar-refractivity contribution in [2.24, 2.45) is 0 Å². The number of ether oxygens (including phenoxy) is 1. The fraction of sp³-hybridized carbons (Fsp3) is 0.417. The Morgan fingerprint density at radius 2 is 2.14 bits per heavy atom. The molecule has 3 atom stereocenters. The van der Waals surface area contributed by atoms with E-state index in [2.05, 4.69) is 31.4 Å². The number of piperidine rings is 1. The summed E-state index contributed by atoms with van der Waals surface area (Å²) in [6.07, 6.45) is 1.66. The normalized spacial score (nSPS) is 18.5. The Balaban J connectivity index is 1.47. The summed E-state index contributed by atoms with van der Waals surface area (Å²) in [7, 11) is 0. The molecule has 1 aliphatic heterocycles. The summed E-state index contributed by atoms with van der Waals surface area (Å²) in [5, 5.41) is 26.5. The number of nitriles is 1. The number of aliphatic hydroxyl groups excluding tert-OH is 1. The SMILES string of the molecule is CC(C)n1cc(Nc2ncnc(-c3ccc(OC4CCN(C(=O)[C@H](C)O)C[C@H]4F)c(C#N)c3)n2)cn1. The molecule has 1 unspecified atom stereocenters. The van der Waals surface area contributed by atoms with Gasteiger partial charge in [-0.2, -0.15) is 15.3 Å². The molecule has 0 spiro atoms. The molecule has 3 aromatic rings. The lowest BCUT2D eigenvalue weighted by atomic mass is 10.0. The molecule has 1 saturated heterocycles. The second kappa shape index (κ2) is 10.7. The number of rotatable bonds is 7. The number of aliphatic hydroxyl groups is 1. The van der Waals surface area contributed by atoms with Gasteiger partial charge < -0.3 is 20.1 Å². The van der Waals surface area contributed by atoms with E-state index < -0.39 is 24.3 Å². The van der Waals surface area contributed by atoms with Gasteiger partial charge in [0.1, 0.15) is 30.4 Å². The lowest BCUT2D eigenvalue weighted by Crippen LogP contribution is -2.51. The predicted octanol–water partition coefficient (Wildman–Crippen LogP) is 2.63. The highest BCUT2D eigenvalue weighted by Crippen LogP contribution is 2.28. The smallest absolute Gasteiger partial charge is 0.251 e. The molecule has 11 nitrogen and oxygen atoms in total. The summed E-state index contributed by atoms with van der Waals surface area (Å²) < 4.78 is 22.4. The Morgan fingerprint density at radius 1 is 1.33 bits per heavy atom. The van der Waals surface area contributed by atoms with Crippen LogP contribution in [0.5, 0.6) is 5.75 Å². The Morgan fingerprint density at radius 3 is 2.81 bits per heavy atom. The maximum absolute atomic E-state index is 14.7. The van der Waals surface area contributed by atoms with Gasteiger partial charge in [0, 0.05) is 30.8 Å². The molecule has 1 amide bonds. The Bertz CT molecular complexity index is 1270. The summed E-state index contributed by atoms with van der Waals surface area (Å²) in [5.74, 6) is 0.386. The van der Waals surface area contributed by atoms with Gasteiger partial charge in [0.15, 0.2) is 12.0 Å². The summed E-state index contributed by atoms with van der Waals surface area (Å²) in [5.41, 5.74) is 1.50. The van der Waals surface area contributed by atoms with Crippen LogP contribution in [0.4, 0.5) is 16.0 Å². The molecule has 188 valence electrons. The predicted molar refractivity (Wildman–Crippen MR) is 128 cm³/mol. The zero-order valence-electron chi connectivity index (χ0n) is 20.2. The highest BCUT2D eigenvalue weighted by atomic mass is 19.1. The van der Waals surface area contributed by atoms with Gasteiger partial charge in [0.2, 0.25) is 5.95 Å². The van der Waals surface area contributed by atoms with Crippen molar-refractivity contribution in [3.8, 4) is 23.2 Å². The van der Waals surface area contributed by atoms with Gasteiger partial charge in [-0.25, -0.2) is 14.4 Å². The molecule has 36 heavy (non-hydrogen) atoms. The van der Waals surface area contributed by atoms with Crippen molar-refractivity contribution in [2.75, 3.05) is 18.4 Å². The second-order valence-electron chi connectivity index (χ2n) is 8.80. The topological polar surface area (TPSA) is 142 Å². The van der Waals surface area contributed by atoms with E-state index in [1.54, 1.807) is 29.1 Å². The Labute approximate surface area is 207 Å². The lowest BCUT2D eigenvalue weighted by Gasteiger charge is -2.35. The maximum Gasteiger partial charge on any atom is 0.251 e. The molecular weight excluding hydrogens is 467 g/mol. The molecule has 0 radical (unpaired) electrons. The minimum Gasteiger partial charge on any atom is -0.486 e. The second-order valence-corrected chi connectivity index (χ2v) is 8.80. The summed E-state index contributed by atoms with van der Waals surface area (Å²) in [4.78, 5) is 26.0. The Kier molecular flexibility index (Phi) is 7.40. The van der Waals surface area contributed by atoms with Crippen LogP contribution in [0.25, 0.3) is 11.4 Å². The van der Waals surface area contributed by atoms with E-state index in [0.29, 0.717) is 17.3 Å². The minimum absolute atomic E-state index is 0.176. The summed E-state index contributed by atoms with van der Waals surface area (Å²) in [6, 6.07) is 7.13. The van der Waals surface area contributed by atoms with Crippen molar-refractivity contribution < 1.29 is 19.0 Å². The Hall–Kier alpha value is -4.11. The van der Waals surface area contributed by atoms with E-state index in [9.17, 15) is 19.6 Å². The third-order valence-corrected chi connectivity index (χ3v) is 5.75. The van der Waals surface area contributed by atoms with Gasteiger partial charge in [-0.1, -0.05) is 0 Å². The molecule has 2 N–H and O–H groups in total. The van der Waals surface area contributed by atoms with Crippen LogP contribution in [0.3, 0.4) is 0 Å². The number of nitrogens with one attached hydrogen (secondary N) is 1. The number of carbonyl (C=O) groups excluding carboxylic acids is 1. The highest BCUT2D eigenvalue weighted by Gasteiger charge is 2.34. The molecule has 1 fully saturated rings. The number of carbonyl (C=O) groups is 1. The highest BCUT2D eigenvalue weighted by molar-refractivity contribution is 5.80. The van der Waals surface area contributed by atoms with Gasteiger partial charge in [0.25, 0.3) is 5.91 Å². The standard InChI is InChI=1S/C24H27FN8O3/c1-14(2)33-11-18(10-29-33)30-24-28-13-27-22(31-24)16-4-5-20(17(8-16)9-26)36-21-6-7-32(12-19(21)25)23(35)15(3)34/h4-5,8,10-11,13-15,19,21,34H,6-7,12H2,1-3H3,(H,27,28,30,31)/t15-,19+,21?/m0/s1. The largest absolute Gasteiger partial charge is 0.486 e. The number of likely N-dealkylation sites (tertiary alicyclic amines) is 1. The third-order valence-electron chi connectivity index (χ3n) is 5.75. The van der Waals surface area contributed by atoms with Crippen molar-refractivity contribution in [3.63, 3.8) is 0 Å². The van der Waals surface area contributed by atoms with Crippen molar-refractivity contribution in [1.29, 1.82) is 5.26 Å². The van der Waals surface area contributed by atoms with Gasteiger partial charge in [-0.3, -0.25) is 9.48 Å². The zero-order valence-corrected chi connectivity index (χ0v) is 20.2. The number of amides is 1. The van der Waals surface area contributed by atoms with Crippen molar-refractivity contribution in [3.05, 3.63) is 42.5 Å². The number of halogens is 1. The molecule has 0 saturated carbocycles. The molecular formula is C24H27FN8O3. The first kappa shape index (κ1) is 25.0. The number of benzene rings is 1. The van der Waals surface area contributed by atoms with Crippen LogP contribution in [0.1, 0.15) is 38.8 Å². The first-order chi connectivity index (χ1) is 17.2. The maximum atomic E-state index is 14.7. The van der Waals surface area contributed by atoms with Crippen LogP contribution in [0.15, 0.2) is 36.9 Å². The average Bonchev–Trinajstić information content (AvgIpc) is 3.34. The van der Waals surface area contributed by atoms with Crippen molar-refractivity contribution in [2.45, 2.75) is 51.6 Å². The van der Waals surface area contributed by atoms with Crippen molar-refractivity contribution in [1.82, 2.24) is 29.6 Å². The fourth-order valence-electron chi connectivity index (χ4n) is 3.81. The van der Waals surface area contributed by atoms with Crippen LogP contribution >= 0.6 is 0 Å². The van der Waals surface area contributed by atoms with Gasteiger partial charge in [-0.05, 0) is 39.0 Å².